The van der Waals surface area contributed by atoms with Crippen LogP contribution in [0.1, 0.15) is 36.5 Å². The van der Waals surface area contributed by atoms with E-state index in [0.29, 0.717) is 36.9 Å². The molecule has 0 aromatic heterocycles. The second kappa shape index (κ2) is 11.8. The van der Waals surface area contributed by atoms with Crippen molar-refractivity contribution < 1.29 is 41.0 Å². The summed E-state index contributed by atoms with van der Waals surface area (Å²) in [6, 6.07) is 0.813. The lowest BCUT2D eigenvalue weighted by Crippen LogP contribution is -2.51. The molecule has 2 atom stereocenters. The highest BCUT2D eigenvalue weighted by Crippen LogP contribution is 2.38. The first-order chi connectivity index (χ1) is 17.6. The molecule has 0 aliphatic carbocycles. The summed E-state index contributed by atoms with van der Waals surface area (Å²) >= 11 is 0.846. The van der Waals surface area contributed by atoms with Crippen molar-refractivity contribution in [1.29, 1.82) is 0 Å². The second-order valence-corrected chi connectivity index (χ2v) is 10.5. The number of nitrogens with zero attached hydrogens (tertiary/aromatic N) is 3. The minimum Gasteiger partial charge on any atom is -0.391 e. The first-order valence-electron chi connectivity index (χ1n) is 11.7. The van der Waals surface area contributed by atoms with Crippen LogP contribution < -0.4 is 5.32 Å². The smallest absolute Gasteiger partial charge is 0.391 e. The molecule has 2 aliphatic rings. The molecule has 1 fully saturated rings. The average molecular weight is 567 g/mol. The van der Waals surface area contributed by atoms with Crippen LogP contribution in [-0.4, -0.2) is 71.2 Å². The number of piperidine rings is 1. The van der Waals surface area contributed by atoms with Gasteiger partial charge in [-0.1, -0.05) is 12.1 Å². The third kappa shape index (κ3) is 7.58. The Labute approximate surface area is 219 Å². The van der Waals surface area contributed by atoms with Crippen molar-refractivity contribution in [1.82, 2.24) is 15.1 Å². The van der Waals surface area contributed by atoms with Crippen molar-refractivity contribution in [3.63, 3.8) is 0 Å². The van der Waals surface area contributed by atoms with Crippen molar-refractivity contribution >= 4 is 28.7 Å². The number of amidine groups is 1. The summed E-state index contributed by atoms with van der Waals surface area (Å²) in [7, 11) is 3.25. The van der Waals surface area contributed by atoms with E-state index in [-0.39, 0.29) is 29.9 Å². The van der Waals surface area contributed by atoms with Crippen LogP contribution in [0.4, 0.5) is 31.1 Å². The lowest BCUT2D eigenvalue weighted by molar-refractivity contribution is -0.143. The molecule has 0 spiro atoms. The third-order valence-corrected chi connectivity index (χ3v) is 7.13. The maximum Gasteiger partial charge on any atom is 0.416 e. The van der Waals surface area contributed by atoms with Gasteiger partial charge >= 0.3 is 17.6 Å². The molecule has 2 amide bonds. The fourth-order valence-electron chi connectivity index (χ4n) is 4.48. The molecule has 7 nitrogen and oxygen atoms in total. The number of carbonyl (C=O) groups excluding carboxylic acids is 2. The number of hydrogen-bond donors (Lipinski definition) is 2. The number of likely N-dealkylation sites (N-methyl/N-ethyl adjacent to an activating group) is 1. The number of likely N-dealkylation sites (tertiary alicyclic amines) is 1. The molecule has 2 N–H and O–H groups in total. The molecular weight excluding hydrogens is 538 g/mol. The van der Waals surface area contributed by atoms with E-state index in [1.165, 1.54) is 11.8 Å². The van der Waals surface area contributed by atoms with E-state index < -0.39 is 46.8 Å². The summed E-state index contributed by atoms with van der Waals surface area (Å²) in [6.45, 7) is 2.08. The fourth-order valence-corrected chi connectivity index (χ4v) is 5.26. The molecule has 0 radical (unpaired) electrons. The molecule has 38 heavy (non-hydrogen) atoms. The van der Waals surface area contributed by atoms with E-state index in [0.717, 1.165) is 17.8 Å². The molecule has 2 aliphatic heterocycles. The van der Waals surface area contributed by atoms with Gasteiger partial charge in [-0.3, -0.25) is 19.4 Å². The van der Waals surface area contributed by atoms with Gasteiger partial charge in [0.15, 0.2) is 5.84 Å². The number of carbonyl (C=O) groups is 2. The lowest BCUT2D eigenvalue weighted by Gasteiger charge is -2.31. The highest BCUT2D eigenvalue weighted by atomic mass is 32.2. The number of alkyl halides is 6. The molecule has 14 heteroatoms. The molecule has 0 saturated carbocycles. The van der Waals surface area contributed by atoms with Crippen molar-refractivity contribution in [2.45, 2.75) is 50.8 Å². The molecule has 1 aromatic carbocycles. The predicted molar refractivity (Wildman–Crippen MR) is 130 cm³/mol. The van der Waals surface area contributed by atoms with Crippen molar-refractivity contribution in [2.24, 2.45) is 10.9 Å². The topological polar surface area (TPSA) is 85.2 Å². The number of nitrogens with one attached hydrogen (secondary N) is 1. The summed E-state index contributed by atoms with van der Waals surface area (Å²) in [5, 5.41) is 12.0. The van der Waals surface area contributed by atoms with Crippen molar-refractivity contribution in [3.05, 3.63) is 45.9 Å². The van der Waals surface area contributed by atoms with E-state index in [1.54, 1.807) is 25.1 Å². The lowest BCUT2D eigenvalue weighted by atomic mass is 9.95. The van der Waals surface area contributed by atoms with Crippen LogP contribution in [0.2, 0.25) is 0 Å². The van der Waals surface area contributed by atoms with E-state index >= 15 is 0 Å². The van der Waals surface area contributed by atoms with Gasteiger partial charge in [0.25, 0.3) is 0 Å². The van der Waals surface area contributed by atoms with E-state index in [9.17, 15) is 41.0 Å². The molecule has 2 heterocycles. The normalized spacial score (nSPS) is 20.7. The van der Waals surface area contributed by atoms with Gasteiger partial charge in [-0.05, 0) is 82.3 Å². The zero-order chi connectivity index (χ0) is 28.4. The first kappa shape index (κ1) is 30.1. The number of aliphatic imine (C=N–C) groups is 1. The maximum atomic E-state index is 13.5. The summed E-state index contributed by atoms with van der Waals surface area (Å²) in [5.41, 5.74) is -2.88. The van der Waals surface area contributed by atoms with Gasteiger partial charge in [0.2, 0.25) is 5.91 Å². The zero-order valence-corrected chi connectivity index (χ0v) is 21.7. The third-order valence-electron chi connectivity index (χ3n) is 6.31. The zero-order valence-electron chi connectivity index (χ0n) is 20.9. The van der Waals surface area contributed by atoms with Gasteiger partial charge in [-0.2, -0.15) is 31.3 Å². The van der Waals surface area contributed by atoms with Crippen LogP contribution in [0.25, 0.3) is 0 Å². The Balaban J connectivity index is 1.66. The highest BCUT2D eigenvalue weighted by Gasteiger charge is 2.38. The van der Waals surface area contributed by atoms with Gasteiger partial charge < -0.3 is 10.4 Å². The molecular formula is C24H28F6N4O3S. The van der Waals surface area contributed by atoms with E-state index in [4.69, 9.17) is 0 Å². The number of allylic oxidation sites excluding steroid dienone is 1. The van der Waals surface area contributed by atoms with Crippen LogP contribution in [0.15, 0.2) is 34.2 Å². The SMILES string of the molecule is C[C@@H](O)[C@@H](C(=O)NC1=NC(=O)S/C1=C\C1CCN(Cc2ccc(C(F)(F)F)cc2C(F)(F)F)CC1)N(C)C. The summed E-state index contributed by atoms with van der Waals surface area (Å²) in [6.07, 6.45) is -7.95. The van der Waals surface area contributed by atoms with Crippen LogP contribution in [0, 0.1) is 5.92 Å². The largest absolute Gasteiger partial charge is 0.416 e. The minimum absolute atomic E-state index is 0.0575. The molecule has 210 valence electrons. The van der Waals surface area contributed by atoms with Crippen molar-refractivity contribution in [2.75, 3.05) is 27.2 Å². The summed E-state index contributed by atoms with van der Waals surface area (Å²) in [4.78, 5) is 32.1. The Bertz CT molecular complexity index is 1100. The second-order valence-electron chi connectivity index (χ2n) is 9.48. The molecule has 0 bridgehead atoms. The Kier molecular flexibility index (Phi) is 9.32. The monoisotopic (exact) mass is 566 g/mol. The van der Waals surface area contributed by atoms with Crippen LogP contribution >= 0.6 is 11.8 Å². The van der Waals surface area contributed by atoms with Gasteiger partial charge in [0, 0.05) is 6.54 Å². The molecule has 3 rings (SSSR count). The van der Waals surface area contributed by atoms with Gasteiger partial charge in [0.1, 0.15) is 6.04 Å². The summed E-state index contributed by atoms with van der Waals surface area (Å²) in [5.74, 6) is -0.505. The quantitative estimate of drug-likeness (QED) is 0.493. The molecule has 1 saturated heterocycles. The maximum absolute atomic E-state index is 13.5. The van der Waals surface area contributed by atoms with Gasteiger partial charge in [-0.15, -0.1) is 0 Å². The number of thioether (sulfide) groups is 1. The van der Waals surface area contributed by atoms with Gasteiger partial charge in [-0.25, -0.2) is 0 Å². The molecule has 0 unspecified atom stereocenters. The average Bonchev–Trinajstić information content (AvgIpc) is 3.11. The molecule has 1 aromatic rings. The Morgan fingerprint density at radius 2 is 1.84 bits per heavy atom. The Hall–Kier alpha value is -2.42. The van der Waals surface area contributed by atoms with Crippen LogP contribution in [0.3, 0.4) is 0 Å². The number of aliphatic hydroxyl groups excluding tert-OH is 1. The van der Waals surface area contributed by atoms with E-state index in [1.807, 2.05) is 0 Å². The van der Waals surface area contributed by atoms with Crippen LogP contribution in [0.5, 0.6) is 0 Å². The number of amides is 2. The van der Waals surface area contributed by atoms with E-state index in [2.05, 4.69) is 10.3 Å². The van der Waals surface area contributed by atoms with Crippen molar-refractivity contribution in [3.8, 4) is 0 Å². The van der Waals surface area contributed by atoms with Crippen LogP contribution in [-0.2, 0) is 23.7 Å². The fraction of sp³-hybridized carbons (Fsp3) is 0.542. The predicted octanol–water partition coefficient (Wildman–Crippen LogP) is 4.51. The first-order valence-corrected chi connectivity index (χ1v) is 12.6. The number of aliphatic hydroxyl groups is 1. The Morgan fingerprint density at radius 1 is 1.21 bits per heavy atom. The number of benzene rings is 1. The summed E-state index contributed by atoms with van der Waals surface area (Å²) < 4.78 is 79.2. The minimum atomic E-state index is -4.93. The standard InChI is InChI=1S/C24H28F6N4O3S/c1-13(35)19(33(2)3)21(36)31-20-18(38-22(37)32-20)10-14-6-8-34(9-7-14)12-15-4-5-16(23(25,26)27)11-17(15)24(28,29)30/h4-5,10-11,13-14,19,35H,6-9,12H2,1-3H3,(H,31,32,36,37)/b18-10-/t13-,19+/m1/s1. The Morgan fingerprint density at radius 3 is 2.37 bits per heavy atom. The number of halogens is 6. The number of hydrogen-bond acceptors (Lipinski definition) is 6. The van der Waals surface area contributed by atoms with Gasteiger partial charge in [0.05, 0.1) is 22.1 Å². The number of rotatable bonds is 6. The highest BCUT2D eigenvalue weighted by molar-refractivity contribution is 8.18.